The Hall–Kier alpha value is -7.17. The van der Waals surface area contributed by atoms with Crippen molar-refractivity contribution in [3.63, 3.8) is 0 Å². The molecule has 4 heteroatoms. The third kappa shape index (κ3) is 4.53. The van der Waals surface area contributed by atoms with Gasteiger partial charge in [0.05, 0.1) is 16.8 Å². The van der Waals surface area contributed by atoms with Gasteiger partial charge in [-0.1, -0.05) is 152 Å². The quantitative estimate of drug-likeness (QED) is 0.185. The van der Waals surface area contributed by atoms with Gasteiger partial charge in [-0.25, -0.2) is 9.97 Å². The molecule has 0 amide bonds. The van der Waals surface area contributed by atoms with E-state index in [1.807, 2.05) is 18.3 Å². The molecule has 2 aliphatic rings. The predicted molar refractivity (Wildman–Crippen MR) is 216 cm³/mol. The highest BCUT2D eigenvalue weighted by Crippen LogP contribution is 2.62. The van der Waals surface area contributed by atoms with Crippen LogP contribution in [0.1, 0.15) is 22.3 Å². The molecule has 0 bridgehead atoms. The van der Waals surface area contributed by atoms with Crippen molar-refractivity contribution in [2.24, 2.45) is 0 Å². The van der Waals surface area contributed by atoms with Crippen LogP contribution in [-0.2, 0) is 5.41 Å². The molecule has 0 fully saturated rings. The highest BCUT2D eigenvalue weighted by atomic mass is 16.5. The zero-order chi connectivity index (χ0) is 35.6. The first-order valence-corrected chi connectivity index (χ1v) is 18.3. The second-order valence-corrected chi connectivity index (χ2v) is 14.0. The first-order valence-electron chi connectivity index (χ1n) is 18.3. The molecular weight excluding hydrogens is 659 g/mol. The van der Waals surface area contributed by atoms with Gasteiger partial charge in [-0.3, -0.25) is 4.98 Å². The average molecular weight is 690 g/mol. The van der Waals surface area contributed by atoms with Crippen LogP contribution in [0.5, 0.6) is 11.5 Å². The largest absolute Gasteiger partial charge is 0.457 e. The van der Waals surface area contributed by atoms with E-state index in [-0.39, 0.29) is 0 Å². The minimum absolute atomic E-state index is 0.580. The molecule has 252 valence electrons. The standard InChI is InChI=1S/C50H31N3O/c1-2-13-33(14-3-1)45-30-46(40-20-10-15-32-12-4-5-17-37(32)40)53-49(52-45)35-24-26-44-48(29-35)54-47-28-34(36-16-11-27-51-31-36)23-25-43(47)50(44)41-21-8-6-18-38(41)39-19-7-9-22-42(39)50/h1-31H. The number of benzene rings is 7. The van der Waals surface area contributed by atoms with Crippen LogP contribution in [-0.4, -0.2) is 15.0 Å². The zero-order valence-electron chi connectivity index (χ0n) is 29.1. The van der Waals surface area contributed by atoms with Crippen LogP contribution in [0, 0.1) is 0 Å². The summed E-state index contributed by atoms with van der Waals surface area (Å²) < 4.78 is 7.03. The fourth-order valence-corrected chi connectivity index (χ4v) is 8.68. The maximum absolute atomic E-state index is 7.03. The fourth-order valence-electron chi connectivity index (χ4n) is 8.68. The van der Waals surface area contributed by atoms with Crippen LogP contribution in [0.15, 0.2) is 188 Å². The van der Waals surface area contributed by atoms with Crippen molar-refractivity contribution in [2.45, 2.75) is 5.41 Å². The monoisotopic (exact) mass is 689 g/mol. The van der Waals surface area contributed by atoms with E-state index in [1.54, 1.807) is 6.20 Å². The van der Waals surface area contributed by atoms with Gasteiger partial charge < -0.3 is 4.74 Å². The van der Waals surface area contributed by atoms with E-state index in [0.717, 1.165) is 67.2 Å². The molecule has 0 saturated heterocycles. The molecule has 1 spiro atoms. The van der Waals surface area contributed by atoms with E-state index in [0.29, 0.717) is 5.82 Å². The van der Waals surface area contributed by atoms with Gasteiger partial charge in [0.1, 0.15) is 11.5 Å². The highest BCUT2D eigenvalue weighted by Gasteiger charge is 2.51. The number of fused-ring (bicyclic) bond motifs is 10. The summed E-state index contributed by atoms with van der Waals surface area (Å²) in [5.74, 6) is 2.25. The molecule has 54 heavy (non-hydrogen) atoms. The summed E-state index contributed by atoms with van der Waals surface area (Å²) in [6.45, 7) is 0. The molecule has 0 unspecified atom stereocenters. The van der Waals surface area contributed by atoms with Gasteiger partial charge in [0.25, 0.3) is 0 Å². The fraction of sp³-hybridized carbons (Fsp3) is 0.0200. The van der Waals surface area contributed by atoms with E-state index < -0.39 is 5.41 Å². The second kappa shape index (κ2) is 11.9. The summed E-state index contributed by atoms with van der Waals surface area (Å²) in [7, 11) is 0. The number of aromatic nitrogens is 3. The van der Waals surface area contributed by atoms with Gasteiger partial charge in [-0.2, -0.15) is 0 Å². The second-order valence-electron chi connectivity index (χ2n) is 14.0. The first-order chi connectivity index (χ1) is 26.8. The maximum atomic E-state index is 7.03. The predicted octanol–water partition coefficient (Wildman–Crippen LogP) is 12.2. The summed E-state index contributed by atoms with van der Waals surface area (Å²) in [6.07, 6.45) is 3.70. The molecule has 1 aliphatic heterocycles. The van der Waals surface area contributed by atoms with E-state index in [2.05, 4.69) is 169 Å². The molecule has 0 saturated carbocycles. The molecule has 7 aromatic carbocycles. The lowest BCUT2D eigenvalue weighted by molar-refractivity contribution is 0.437. The van der Waals surface area contributed by atoms with Gasteiger partial charge >= 0.3 is 0 Å². The number of nitrogens with zero attached hydrogens (tertiary/aromatic N) is 3. The molecule has 1 aliphatic carbocycles. The first kappa shape index (κ1) is 30.5. The van der Waals surface area contributed by atoms with Crippen molar-refractivity contribution < 1.29 is 4.74 Å². The number of hydrogen-bond donors (Lipinski definition) is 0. The van der Waals surface area contributed by atoms with E-state index in [4.69, 9.17) is 14.7 Å². The SMILES string of the molecule is c1ccc(-c2cc(-c3cccc4ccccc34)nc(-c3ccc4c(c3)Oc3cc(-c5cccnc5)ccc3C43c4ccccc4-c4ccccc43)n2)cc1. The minimum Gasteiger partial charge on any atom is -0.457 e. The topological polar surface area (TPSA) is 47.9 Å². The van der Waals surface area contributed by atoms with Crippen molar-refractivity contribution in [1.29, 1.82) is 0 Å². The third-order valence-corrected chi connectivity index (χ3v) is 11.1. The third-order valence-electron chi connectivity index (χ3n) is 11.1. The number of hydrogen-bond acceptors (Lipinski definition) is 4. The average Bonchev–Trinajstić information content (AvgIpc) is 3.54. The maximum Gasteiger partial charge on any atom is 0.160 e. The van der Waals surface area contributed by atoms with Crippen molar-refractivity contribution in [3.05, 3.63) is 211 Å². The number of rotatable bonds is 4. The van der Waals surface area contributed by atoms with Gasteiger partial charge in [-0.15, -0.1) is 0 Å². The summed E-state index contributed by atoms with van der Waals surface area (Å²) in [5, 5.41) is 2.32. The summed E-state index contributed by atoms with van der Waals surface area (Å²) >= 11 is 0. The molecular formula is C50H31N3O. The molecule has 0 radical (unpaired) electrons. The Bertz CT molecular complexity index is 2870. The molecule has 0 N–H and O–H groups in total. The lowest BCUT2D eigenvalue weighted by Crippen LogP contribution is -2.32. The Morgan fingerprint density at radius 3 is 1.78 bits per heavy atom. The summed E-state index contributed by atoms with van der Waals surface area (Å²) in [6, 6.07) is 62.1. The van der Waals surface area contributed by atoms with Gasteiger partial charge in [0, 0.05) is 45.8 Å². The summed E-state index contributed by atoms with van der Waals surface area (Å²) in [5.41, 5.74) is 13.4. The van der Waals surface area contributed by atoms with Crippen LogP contribution < -0.4 is 4.74 Å². The van der Waals surface area contributed by atoms with Crippen LogP contribution in [0.3, 0.4) is 0 Å². The Morgan fingerprint density at radius 1 is 0.407 bits per heavy atom. The number of pyridine rings is 1. The molecule has 4 nitrogen and oxygen atoms in total. The van der Waals surface area contributed by atoms with E-state index >= 15 is 0 Å². The van der Waals surface area contributed by atoms with Crippen molar-refractivity contribution >= 4 is 10.8 Å². The Balaban J connectivity index is 1.15. The smallest absolute Gasteiger partial charge is 0.160 e. The van der Waals surface area contributed by atoms with Crippen LogP contribution in [0.4, 0.5) is 0 Å². The van der Waals surface area contributed by atoms with Crippen LogP contribution >= 0.6 is 0 Å². The Kier molecular flexibility index (Phi) is 6.73. The molecule has 9 aromatic rings. The molecule has 11 rings (SSSR count). The highest BCUT2D eigenvalue weighted by molar-refractivity contribution is 5.96. The minimum atomic E-state index is -0.580. The van der Waals surface area contributed by atoms with Gasteiger partial charge in [0.2, 0.25) is 0 Å². The molecule has 2 aromatic heterocycles. The zero-order valence-corrected chi connectivity index (χ0v) is 29.1. The van der Waals surface area contributed by atoms with Crippen LogP contribution in [0.25, 0.3) is 66.9 Å². The lowest BCUT2D eigenvalue weighted by Gasteiger charge is -2.39. The van der Waals surface area contributed by atoms with Gasteiger partial charge in [-0.05, 0) is 62.9 Å². The molecule has 0 atom stereocenters. The van der Waals surface area contributed by atoms with Crippen molar-refractivity contribution in [2.75, 3.05) is 0 Å². The van der Waals surface area contributed by atoms with Crippen molar-refractivity contribution in [3.8, 4) is 67.7 Å². The van der Waals surface area contributed by atoms with E-state index in [1.165, 1.54) is 27.6 Å². The van der Waals surface area contributed by atoms with Crippen LogP contribution in [0.2, 0.25) is 0 Å². The van der Waals surface area contributed by atoms with Crippen molar-refractivity contribution in [1.82, 2.24) is 15.0 Å². The normalized spacial score (nSPS) is 13.1. The lowest BCUT2D eigenvalue weighted by atomic mass is 9.66. The molecule has 3 heterocycles. The summed E-state index contributed by atoms with van der Waals surface area (Å²) in [4.78, 5) is 14.9. The van der Waals surface area contributed by atoms with Gasteiger partial charge in [0.15, 0.2) is 5.82 Å². The Morgan fingerprint density at radius 2 is 1.02 bits per heavy atom. The Labute approximate surface area is 313 Å². The number of ether oxygens (including phenoxy) is 1. The van der Waals surface area contributed by atoms with E-state index in [9.17, 15) is 0 Å².